The van der Waals surface area contributed by atoms with Crippen molar-refractivity contribution >= 4 is 0 Å². The van der Waals surface area contributed by atoms with Crippen LogP contribution in [0.25, 0.3) is 0 Å². The molecule has 4 nitrogen and oxygen atoms in total. The smallest absolute Gasteiger partial charge is 0.117 e. The molecule has 0 amide bonds. The molecule has 1 aromatic rings. The van der Waals surface area contributed by atoms with Gasteiger partial charge in [0, 0.05) is 18.6 Å². The predicted molar refractivity (Wildman–Crippen MR) is 82.5 cm³/mol. The normalized spacial score (nSPS) is 19.9. The molecule has 0 saturated carbocycles. The summed E-state index contributed by atoms with van der Waals surface area (Å²) in [5, 5.41) is 0. The molecule has 20 heavy (non-hydrogen) atoms. The molecule has 4 heteroatoms. The first-order valence-corrected chi connectivity index (χ1v) is 7.72. The van der Waals surface area contributed by atoms with E-state index in [9.17, 15) is 0 Å². The molecule has 2 heterocycles. The minimum Gasteiger partial charge on any atom is -0.468 e. The van der Waals surface area contributed by atoms with E-state index < -0.39 is 0 Å². The van der Waals surface area contributed by atoms with Crippen LogP contribution in [-0.2, 0) is 6.54 Å². The lowest BCUT2D eigenvalue weighted by Gasteiger charge is -2.47. The summed E-state index contributed by atoms with van der Waals surface area (Å²) in [6.45, 7) is 9.63. The summed E-state index contributed by atoms with van der Waals surface area (Å²) in [5.41, 5.74) is 6.25. The molecule has 1 aromatic heterocycles. The van der Waals surface area contributed by atoms with E-state index in [4.69, 9.17) is 10.2 Å². The molecule has 0 radical (unpaired) electrons. The highest BCUT2D eigenvalue weighted by Crippen LogP contribution is 2.28. The highest BCUT2D eigenvalue weighted by Gasteiger charge is 2.37. The molecule has 1 saturated heterocycles. The highest BCUT2D eigenvalue weighted by molar-refractivity contribution is 5.02. The van der Waals surface area contributed by atoms with Gasteiger partial charge in [0.05, 0.1) is 12.8 Å². The van der Waals surface area contributed by atoms with Crippen molar-refractivity contribution in [2.45, 2.75) is 38.8 Å². The first kappa shape index (κ1) is 15.5. The number of hydrogen-bond donors (Lipinski definition) is 1. The van der Waals surface area contributed by atoms with Crippen LogP contribution in [0, 0.1) is 5.92 Å². The Balaban J connectivity index is 1.93. The number of hydrogen-bond acceptors (Lipinski definition) is 4. The number of furan rings is 1. The highest BCUT2D eigenvalue weighted by atomic mass is 16.3. The number of nitrogens with zero attached hydrogens (tertiary/aromatic N) is 2. The van der Waals surface area contributed by atoms with E-state index in [2.05, 4.69) is 30.7 Å². The third-order valence-corrected chi connectivity index (χ3v) is 4.57. The minimum atomic E-state index is 0.125. The van der Waals surface area contributed by atoms with E-state index in [0.29, 0.717) is 0 Å². The van der Waals surface area contributed by atoms with Crippen LogP contribution >= 0.6 is 0 Å². The second-order valence-corrected chi connectivity index (χ2v) is 6.56. The average molecular weight is 279 g/mol. The summed E-state index contributed by atoms with van der Waals surface area (Å²) in [6, 6.07) is 3.98. The van der Waals surface area contributed by atoms with Gasteiger partial charge in [0.2, 0.25) is 0 Å². The second kappa shape index (κ2) is 6.74. The molecule has 114 valence electrons. The van der Waals surface area contributed by atoms with Crippen molar-refractivity contribution in [3.05, 3.63) is 24.2 Å². The van der Waals surface area contributed by atoms with Crippen molar-refractivity contribution in [3.63, 3.8) is 0 Å². The Morgan fingerprint density at radius 1 is 1.40 bits per heavy atom. The van der Waals surface area contributed by atoms with Crippen LogP contribution in [0.1, 0.15) is 32.4 Å². The fourth-order valence-corrected chi connectivity index (χ4v) is 3.21. The molecule has 0 aliphatic carbocycles. The van der Waals surface area contributed by atoms with Crippen molar-refractivity contribution in [2.75, 3.05) is 33.2 Å². The predicted octanol–water partition coefficient (Wildman–Crippen LogP) is 2.16. The summed E-state index contributed by atoms with van der Waals surface area (Å²) in [4.78, 5) is 4.96. The number of rotatable bonds is 6. The maximum Gasteiger partial charge on any atom is 0.117 e. The van der Waals surface area contributed by atoms with Crippen LogP contribution in [0.3, 0.4) is 0 Å². The Morgan fingerprint density at radius 3 is 2.60 bits per heavy atom. The fraction of sp³-hybridized carbons (Fsp3) is 0.750. The molecule has 2 N–H and O–H groups in total. The van der Waals surface area contributed by atoms with Crippen LogP contribution < -0.4 is 5.73 Å². The van der Waals surface area contributed by atoms with Gasteiger partial charge in [-0.1, -0.05) is 13.8 Å². The third-order valence-electron chi connectivity index (χ3n) is 4.57. The maximum atomic E-state index is 6.12. The SMILES string of the molecule is CC(C)CN1CCC(CN)(N(C)Cc2ccco2)CC1. The first-order chi connectivity index (χ1) is 9.55. The van der Waals surface area contributed by atoms with Crippen LogP contribution in [0.15, 0.2) is 22.8 Å². The zero-order valence-corrected chi connectivity index (χ0v) is 13.1. The zero-order valence-electron chi connectivity index (χ0n) is 13.1. The lowest BCUT2D eigenvalue weighted by atomic mass is 9.85. The Morgan fingerprint density at radius 2 is 2.10 bits per heavy atom. The van der Waals surface area contributed by atoms with Gasteiger partial charge in [0.25, 0.3) is 0 Å². The maximum absolute atomic E-state index is 6.12. The molecule has 1 fully saturated rings. The van der Waals surface area contributed by atoms with E-state index in [0.717, 1.165) is 50.7 Å². The van der Waals surface area contributed by atoms with Crippen molar-refractivity contribution in [1.29, 1.82) is 0 Å². The van der Waals surface area contributed by atoms with Crippen molar-refractivity contribution in [2.24, 2.45) is 11.7 Å². The number of piperidine rings is 1. The largest absolute Gasteiger partial charge is 0.468 e. The zero-order chi connectivity index (χ0) is 14.6. The van der Waals surface area contributed by atoms with Gasteiger partial charge in [0.15, 0.2) is 0 Å². The van der Waals surface area contributed by atoms with Gasteiger partial charge in [-0.3, -0.25) is 4.90 Å². The molecule has 0 aromatic carbocycles. The minimum absolute atomic E-state index is 0.125. The summed E-state index contributed by atoms with van der Waals surface area (Å²) < 4.78 is 5.47. The Kier molecular flexibility index (Phi) is 5.24. The second-order valence-electron chi connectivity index (χ2n) is 6.56. The van der Waals surface area contributed by atoms with E-state index in [1.165, 1.54) is 6.54 Å². The van der Waals surface area contributed by atoms with Gasteiger partial charge in [-0.05, 0) is 51.0 Å². The van der Waals surface area contributed by atoms with Gasteiger partial charge in [0.1, 0.15) is 5.76 Å². The molecular formula is C16H29N3O. The Bertz CT molecular complexity index is 380. The molecule has 0 unspecified atom stereocenters. The van der Waals surface area contributed by atoms with Crippen molar-refractivity contribution < 1.29 is 4.42 Å². The standard InChI is InChI=1S/C16H29N3O/c1-14(2)11-19-8-6-16(13-17,7-9-19)18(3)12-15-5-4-10-20-15/h4-5,10,14H,6-9,11-13,17H2,1-3H3. The molecule has 2 rings (SSSR count). The number of likely N-dealkylation sites (N-methyl/N-ethyl adjacent to an activating group) is 1. The van der Waals surface area contributed by atoms with Gasteiger partial charge < -0.3 is 15.1 Å². The topological polar surface area (TPSA) is 45.6 Å². The lowest BCUT2D eigenvalue weighted by molar-refractivity contribution is 0.0326. The number of likely N-dealkylation sites (tertiary alicyclic amines) is 1. The monoisotopic (exact) mass is 279 g/mol. The Labute approximate surface area is 122 Å². The van der Waals surface area contributed by atoms with Crippen LogP contribution in [0.2, 0.25) is 0 Å². The lowest BCUT2D eigenvalue weighted by Crippen LogP contribution is -2.58. The van der Waals surface area contributed by atoms with Crippen molar-refractivity contribution in [3.8, 4) is 0 Å². The number of nitrogens with two attached hydrogens (primary N) is 1. The summed E-state index contributed by atoms with van der Waals surface area (Å²) in [7, 11) is 2.17. The van der Waals surface area contributed by atoms with Crippen molar-refractivity contribution in [1.82, 2.24) is 9.80 Å². The quantitative estimate of drug-likeness (QED) is 0.867. The molecule has 1 aliphatic rings. The molecule has 1 aliphatic heterocycles. The Hall–Kier alpha value is -0.840. The van der Waals surface area contributed by atoms with E-state index in [1.807, 2.05) is 12.1 Å². The fourth-order valence-electron chi connectivity index (χ4n) is 3.21. The van der Waals surface area contributed by atoms with Gasteiger partial charge in [-0.25, -0.2) is 0 Å². The van der Waals surface area contributed by atoms with Crippen LogP contribution in [0.4, 0.5) is 0 Å². The van der Waals surface area contributed by atoms with E-state index >= 15 is 0 Å². The summed E-state index contributed by atoms with van der Waals surface area (Å²) >= 11 is 0. The van der Waals surface area contributed by atoms with Crippen LogP contribution in [0.5, 0.6) is 0 Å². The molecular weight excluding hydrogens is 250 g/mol. The molecule has 0 bridgehead atoms. The third kappa shape index (κ3) is 3.62. The summed E-state index contributed by atoms with van der Waals surface area (Å²) in [6.07, 6.45) is 4.03. The first-order valence-electron chi connectivity index (χ1n) is 7.72. The summed E-state index contributed by atoms with van der Waals surface area (Å²) in [5.74, 6) is 1.76. The van der Waals surface area contributed by atoms with Gasteiger partial charge >= 0.3 is 0 Å². The molecule has 0 spiro atoms. The van der Waals surface area contributed by atoms with E-state index in [1.54, 1.807) is 6.26 Å². The van der Waals surface area contributed by atoms with Crippen LogP contribution in [-0.4, -0.2) is 48.6 Å². The van der Waals surface area contributed by atoms with E-state index in [-0.39, 0.29) is 5.54 Å². The van der Waals surface area contributed by atoms with Gasteiger partial charge in [-0.15, -0.1) is 0 Å². The molecule has 0 atom stereocenters. The average Bonchev–Trinajstić information content (AvgIpc) is 2.92. The van der Waals surface area contributed by atoms with Gasteiger partial charge in [-0.2, -0.15) is 0 Å².